The number of nitrogens with zero attached hydrogens (tertiary/aromatic N) is 5. The maximum absolute atomic E-state index is 13.7. The smallest absolute Gasteiger partial charge is 0.408 e. The van der Waals surface area contributed by atoms with Crippen molar-refractivity contribution in [3.05, 3.63) is 125 Å². The lowest BCUT2D eigenvalue weighted by molar-refractivity contribution is -0.136. The largest absolute Gasteiger partial charge is 0.444 e. The minimum Gasteiger partial charge on any atom is -0.444 e. The summed E-state index contributed by atoms with van der Waals surface area (Å²) in [6, 6.07) is 20.6. The third-order valence-electron chi connectivity index (χ3n) is 8.89. The molecule has 11 nitrogen and oxygen atoms in total. The van der Waals surface area contributed by atoms with E-state index < -0.39 is 23.7 Å². The number of anilines is 3. The Morgan fingerprint density at radius 3 is 2.50 bits per heavy atom. The van der Waals surface area contributed by atoms with Crippen molar-refractivity contribution in [2.75, 3.05) is 16.8 Å². The van der Waals surface area contributed by atoms with Gasteiger partial charge in [-0.05, 0) is 101 Å². The van der Waals surface area contributed by atoms with E-state index in [-0.39, 0.29) is 18.3 Å². The minimum absolute atomic E-state index is 0.0345. The number of amides is 1. The minimum atomic E-state index is -1.04. The number of halogens is 1. The molecule has 12 heteroatoms. The summed E-state index contributed by atoms with van der Waals surface area (Å²) in [5.74, 6) is 0.693. The van der Waals surface area contributed by atoms with Crippen molar-refractivity contribution in [3.63, 3.8) is 0 Å². The predicted molar refractivity (Wildman–Crippen MR) is 197 cm³/mol. The number of nitrogens with one attached hydrogen (secondary N) is 2. The number of aryl methyl sites for hydroxylation is 1. The Labute approximate surface area is 303 Å². The lowest BCUT2D eigenvalue weighted by Crippen LogP contribution is -2.46. The fraction of sp³-hybridized carbons (Fsp3) is 0.325. The first-order chi connectivity index (χ1) is 24.8. The zero-order valence-corrected chi connectivity index (χ0v) is 30.3. The number of ether oxygens (including phenoxy) is 2. The lowest BCUT2D eigenvalue weighted by Gasteiger charge is -2.37. The van der Waals surface area contributed by atoms with Crippen LogP contribution in [-0.4, -0.2) is 49.8 Å². The van der Waals surface area contributed by atoms with E-state index in [0.717, 1.165) is 33.8 Å². The highest BCUT2D eigenvalue weighted by molar-refractivity contribution is 5.83. The van der Waals surface area contributed by atoms with Crippen molar-refractivity contribution in [1.82, 2.24) is 24.8 Å². The SMILES string of the molecule is Cc1nc(Nc2ccc(F)cc2)nc(N2CCc3cc(OC(=O)[C@H](Cc4cn(Cc5ccccc5)cn4)NC(=O)OC(C)(C)C)ccc3C2C)c1C. The van der Waals surface area contributed by atoms with Crippen LogP contribution in [0.25, 0.3) is 0 Å². The summed E-state index contributed by atoms with van der Waals surface area (Å²) in [4.78, 5) is 42.7. The molecule has 2 atom stereocenters. The number of rotatable bonds is 10. The van der Waals surface area contributed by atoms with Gasteiger partial charge in [0.15, 0.2) is 0 Å². The molecule has 0 spiro atoms. The second-order valence-corrected chi connectivity index (χ2v) is 14.0. The molecule has 0 saturated heterocycles. The van der Waals surface area contributed by atoms with E-state index in [0.29, 0.717) is 42.6 Å². The Morgan fingerprint density at radius 2 is 1.77 bits per heavy atom. The van der Waals surface area contributed by atoms with Crippen LogP contribution in [0.5, 0.6) is 5.75 Å². The van der Waals surface area contributed by atoms with Crippen molar-refractivity contribution in [2.45, 2.75) is 78.6 Å². The predicted octanol–water partition coefficient (Wildman–Crippen LogP) is 7.39. The second kappa shape index (κ2) is 15.2. The van der Waals surface area contributed by atoms with Crippen LogP contribution in [0.15, 0.2) is 85.3 Å². The molecule has 2 aromatic heterocycles. The molecule has 0 saturated carbocycles. The molecular formula is C40H44FN7O4. The summed E-state index contributed by atoms with van der Waals surface area (Å²) in [7, 11) is 0. The zero-order chi connectivity index (χ0) is 37.0. The summed E-state index contributed by atoms with van der Waals surface area (Å²) in [6.45, 7) is 12.6. The number of imidazole rings is 1. The van der Waals surface area contributed by atoms with E-state index in [1.165, 1.54) is 12.1 Å². The molecule has 52 heavy (non-hydrogen) atoms. The van der Waals surface area contributed by atoms with Crippen LogP contribution in [0.2, 0.25) is 0 Å². The molecule has 6 rings (SSSR count). The number of benzene rings is 3. The topological polar surface area (TPSA) is 124 Å². The standard InChI is InChI=1S/C40H44FN7O4/c1-25-26(2)43-38(44-31-14-12-30(41)13-15-31)46-36(25)48-19-18-29-20-33(16-17-34(29)27(48)3)51-37(49)35(45-39(50)52-40(4,5)6)21-32-23-47(24-42-32)22-28-10-8-7-9-11-28/h7-17,20,23-24,27,35H,18-19,21-22H2,1-6H3,(H,45,50)(H,43,44,46)/t27?,35-/m0/s1. The molecule has 1 amide bonds. The highest BCUT2D eigenvalue weighted by Gasteiger charge is 2.30. The summed E-state index contributed by atoms with van der Waals surface area (Å²) in [5.41, 5.74) is 5.63. The van der Waals surface area contributed by atoms with E-state index in [1.807, 2.05) is 67.1 Å². The Hall–Kier alpha value is -5.78. The number of carbonyl (C=O) groups is 2. The van der Waals surface area contributed by atoms with Gasteiger partial charge in [0, 0.05) is 42.7 Å². The third-order valence-corrected chi connectivity index (χ3v) is 8.89. The quantitative estimate of drug-likeness (QED) is 0.113. The lowest BCUT2D eigenvalue weighted by atomic mass is 9.93. The van der Waals surface area contributed by atoms with Crippen molar-refractivity contribution >= 4 is 29.5 Å². The fourth-order valence-electron chi connectivity index (χ4n) is 6.21. The van der Waals surface area contributed by atoms with Crippen LogP contribution in [0, 0.1) is 19.7 Å². The van der Waals surface area contributed by atoms with Gasteiger partial charge in [-0.25, -0.2) is 23.9 Å². The zero-order valence-electron chi connectivity index (χ0n) is 30.3. The molecule has 0 aliphatic carbocycles. The molecule has 0 radical (unpaired) electrons. The van der Waals surface area contributed by atoms with Gasteiger partial charge in [0.2, 0.25) is 5.95 Å². The van der Waals surface area contributed by atoms with Crippen LogP contribution in [0.3, 0.4) is 0 Å². The van der Waals surface area contributed by atoms with Crippen LogP contribution in [0.1, 0.15) is 67.4 Å². The van der Waals surface area contributed by atoms with E-state index in [4.69, 9.17) is 14.5 Å². The second-order valence-electron chi connectivity index (χ2n) is 14.0. The van der Waals surface area contributed by atoms with Gasteiger partial charge in [0.25, 0.3) is 0 Å². The third kappa shape index (κ3) is 8.92. The molecule has 5 aromatic rings. The van der Waals surface area contributed by atoms with Gasteiger partial charge in [-0.1, -0.05) is 36.4 Å². The number of carbonyl (C=O) groups excluding carboxylic acids is 2. The molecule has 1 aliphatic rings. The normalized spacial score (nSPS) is 14.7. The Balaban J connectivity index is 1.17. The number of aromatic nitrogens is 4. The maximum atomic E-state index is 13.7. The molecule has 0 bridgehead atoms. The van der Waals surface area contributed by atoms with E-state index in [2.05, 4.69) is 32.4 Å². The maximum Gasteiger partial charge on any atom is 0.408 e. The van der Waals surface area contributed by atoms with E-state index >= 15 is 0 Å². The average Bonchev–Trinajstić information content (AvgIpc) is 3.53. The average molecular weight is 706 g/mol. The fourth-order valence-corrected chi connectivity index (χ4v) is 6.21. The molecule has 270 valence electrons. The summed E-state index contributed by atoms with van der Waals surface area (Å²) in [5, 5.41) is 5.89. The highest BCUT2D eigenvalue weighted by Crippen LogP contribution is 2.37. The van der Waals surface area contributed by atoms with Gasteiger partial charge in [-0.3, -0.25) is 0 Å². The van der Waals surface area contributed by atoms with Gasteiger partial charge in [-0.2, -0.15) is 4.98 Å². The molecule has 2 N–H and O–H groups in total. The molecular weight excluding hydrogens is 661 g/mol. The summed E-state index contributed by atoms with van der Waals surface area (Å²) in [6.07, 6.45) is 3.65. The molecule has 1 aliphatic heterocycles. The van der Waals surface area contributed by atoms with Gasteiger partial charge in [0.1, 0.15) is 29.0 Å². The van der Waals surface area contributed by atoms with Crippen LogP contribution in [0.4, 0.5) is 26.6 Å². The summed E-state index contributed by atoms with van der Waals surface area (Å²) >= 11 is 0. The van der Waals surface area contributed by atoms with Gasteiger partial charge < -0.3 is 29.6 Å². The first kappa shape index (κ1) is 36.0. The van der Waals surface area contributed by atoms with Crippen molar-refractivity contribution in [2.24, 2.45) is 0 Å². The number of hydrogen-bond acceptors (Lipinski definition) is 9. The van der Waals surface area contributed by atoms with Crippen LogP contribution >= 0.6 is 0 Å². The number of hydrogen-bond donors (Lipinski definition) is 2. The molecule has 3 heterocycles. The Kier molecular flexibility index (Phi) is 10.5. The first-order valence-corrected chi connectivity index (χ1v) is 17.3. The summed E-state index contributed by atoms with van der Waals surface area (Å²) < 4.78 is 26.8. The molecule has 1 unspecified atom stereocenters. The van der Waals surface area contributed by atoms with Gasteiger partial charge in [-0.15, -0.1) is 0 Å². The number of fused-ring (bicyclic) bond motifs is 1. The monoisotopic (exact) mass is 705 g/mol. The van der Waals surface area contributed by atoms with Crippen LogP contribution in [-0.2, 0) is 28.9 Å². The van der Waals surface area contributed by atoms with Crippen molar-refractivity contribution < 1.29 is 23.5 Å². The van der Waals surface area contributed by atoms with Gasteiger partial charge in [0.05, 0.1) is 18.1 Å². The first-order valence-electron chi connectivity index (χ1n) is 17.3. The number of esters is 1. The molecule has 3 aromatic carbocycles. The van der Waals surface area contributed by atoms with Gasteiger partial charge >= 0.3 is 12.1 Å². The van der Waals surface area contributed by atoms with E-state index in [9.17, 15) is 14.0 Å². The van der Waals surface area contributed by atoms with Crippen LogP contribution < -0.4 is 20.3 Å². The van der Waals surface area contributed by atoms with Crippen molar-refractivity contribution in [3.8, 4) is 5.75 Å². The Morgan fingerprint density at radius 1 is 1.02 bits per heavy atom. The Bertz CT molecular complexity index is 2040. The van der Waals surface area contributed by atoms with Crippen molar-refractivity contribution in [1.29, 1.82) is 0 Å². The highest BCUT2D eigenvalue weighted by atomic mass is 19.1. The molecule has 0 fully saturated rings. The van der Waals surface area contributed by atoms with E-state index in [1.54, 1.807) is 45.3 Å². The number of alkyl carbamates (subject to hydrolysis) is 1.